The molecule has 0 spiro atoms. The van der Waals surface area contributed by atoms with Crippen LogP contribution < -0.4 is 5.73 Å². The number of nitrogens with zero attached hydrogens (tertiary/aromatic N) is 2. The molecule has 0 aliphatic heterocycles. The summed E-state index contributed by atoms with van der Waals surface area (Å²) in [7, 11) is 0. The topological polar surface area (TPSA) is 62.7 Å². The van der Waals surface area contributed by atoms with Gasteiger partial charge in [-0.2, -0.15) is 5.26 Å². The predicted molar refractivity (Wildman–Crippen MR) is 46.1 cm³/mol. The third kappa shape index (κ3) is 2.33. The summed E-state index contributed by atoms with van der Waals surface area (Å²) in [6.07, 6.45) is 2.37. The van der Waals surface area contributed by atoms with Crippen molar-refractivity contribution in [3.63, 3.8) is 0 Å². The Morgan fingerprint density at radius 2 is 2.42 bits per heavy atom. The lowest BCUT2D eigenvalue weighted by molar-refractivity contribution is 0.661. The Bertz CT molecular complexity index is 263. The van der Waals surface area contributed by atoms with Crippen LogP contribution in [-0.2, 0) is 6.42 Å². The molecule has 0 bridgehead atoms. The number of nitriles is 1. The maximum Gasteiger partial charge on any atom is 0.0673 e. The second-order valence-electron chi connectivity index (χ2n) is 2.59. The van der Waals surface area contributed by atoms with Crippen molar-refractivity contribution in [1.29, 1.82) is 5.26 Å². The van der Waals surface area contributed by atoms with Gasteiger partial charge in [0.05, 0.1) is 12.0 Å². The molecule has 1 aromatic rings. The van der Waals surface area contributed by atoms with E-state index in [9.17, 15) is 0 Å². The van der Waals surface area contributed by atoms with Crippen molar-refractivity contribution in [1.82, 2.24) is 4.98 Å². The molecule has 2 N–H and O–H groups in total. The molecule has 3 nitrogen and oxygen atoms in total. The van der Waals surface area contributed by atoms with Crippen LogP contribution in [0.15, 0.2) is 24.4 Å². The molecule has 12 heavy (non-hydrogen) atoms. The molecule has 0 radical (unpaired) electrons. The van der Waals surface area contributed by atoms with E-state index in [1.165, 1.54) is 0 Å². The van der Waals surface area contributed by atoms with Gasteiger partial charge in [-0.15, -0.1) is 0 Å². The molecule has 1 unspecified atom stereocenters. The van der Waals surface area contributed by atoms with Crippen LogP contribution in [0, 0.1) is 17.2 Å². The van der Waals surface area contributed by atoms with E-state index in [0.29, 0.717) is 13.0 Å². The summed E-state index contributed by atoms with van der Waals surface area (Å²) in [6.45, 7) is 0.396. The molecule has 0 amide bonds. The lowest BCUT2D eigenvalue weighted by Gasteiger charge is -2.03. The molecular weight excluding hydrogens is 150 g/mol. The van der Waals surface area contributed by atoms with E-state index in [4.69, 9.17) is 11.0 Å². The van der Waals surface area contributed by atoms with Crippen molar-refractivity contribution in [2.45, 2.75) is 6.42 Å². The van der Waals surface area contributed by atoms with Gasteiger partial charge in [-0.3, -0.25) is 4.98 Å². The van der Waals surface area contributed by atoms with Crippen molar-refractivity contribution < 1.29 is 0 Å². The van der Waals surface area contributed by atoms with Crippen molar-refractivity contribution in [2.75, 3.05) is 6.54 Å². The van der Waals surface area contributed by atoms with Crippen molar-refractivity contribution >= 4 is 0 Å². The molecule has 0 aliphatic rings. The Balaban J connectivity index is 2.58. The fourth-order valence-electron chi connectivity index (χ4n) is 0.953. The van der Waals surface area contributed by atoms with E-state index in [0.717, 1.165) is 5.69 Å². The van der Waals surface area contributed by atoms with E-state index in [1.807, 2.05) is 18.2 Å². The van der Waals surface area contributed by atoms with Gasteiger partial charge in [0, 0.05) is 24.9 Å². The summed E-state index contributed by atoms with van der Waals surface area (Å²) in [6, 6.07) is 7.80. The monoisotopic (exact) mass is 161 g/mol. The molecule has 1 heterocycles. The fraction of sp³-hybridized carbons (Fsp3) is 0.333. The van der Waals surface area contributed by atoms with Crippen LogP contribution in [0.25, 0.3) is 0 Å². The van der Waals surface area contributed by atoms with Gasteiger partial charge in [0.15, 0.2) is 0 Å². The smallest absolute Gasteiger partial charge is 0.0673 e. The Morgan fingerprint density at radius 3 is 2.92 bits per heavy atom. The van der Waals surface area contributed by atoms with E-state index < -0.39 is 0 Å². The van der Waals surface area contributed by atoms with Crippen LogP contribution >= 0.6 is 0 Å². The first-order chi connectivity index (χ1) is 5.86. The minimum atomic E-state index is -0.111. The standard InChI is InChI=1S/C9H11N3/c10-6-8(7-11)5-9-3-1-2-4-12-9/h1-4,8H,5-6,10H2. The SMILES string of the molecule is N#CC(CN)Cc1ccccn1. The van der Waals surface area contributed by atoms with Gasteiger partial charge < -0.3 is 5.73 Å². The first kappa shape index (κ1) is 8.69. The van der Waals surface area contributed by atoms with Crippen LogP contribution in [-0.4, -0.2) is 11.5 Å². The molecule has 0 saturated carbocycles. The van der Waals surface area contributed by atoms with Crippen molar-refractivity contribution in [2.24, 2.45) is 11.7 Å². The van der Waals surface area contributed by atoms with Gasteiger partial charge in [0.2, 0.25) is 0 Å². The van der Waals surface area contributed by atoms with E-state index in [-0.39, 0.29) is 5.92 Å². The average Bonchev–Trinajstić information content (AvgIpc) is 2.16. The number of hydrogen-bond acceptors (Lipinski definition) is 3. The van der Waals surface area contributed by atoms with Crippen LogP contribution in [0.4, 0.5) is 0 Å². The highest BCUT2D eigenvalue weighted by Gasteiger charge is 2.05. The van der Waals surface area contributed by atoms with E-state index >= 15 is 0 Å². The zero-order valence-electron chi connectivity index (χ0n) is 6.77. The summed E-state index contributed by atoms with van der Waals surface area (Å²) in [5, 5.41) is 8.63. The number of hydrogen-bond donors (Lipinski definition) is 1. The highest BCUT2D eigenvalue weighted by atomic mass is 14.7. The third-order valence-corrected chi connectivity index (χ3v) is 1.65. The number of aromatic nitrogens is 1. The van der Waals surface area contributed by atoms with Crippen LogP contribution in [0.3, 0.4) is 0 Å². The lowest BCUT2D eigenvalue weighted by atomic mass is 10.1. The van der Waals surface area contributed by atoms with Crippen molar-refractivity contribution in [3.8, 4) is 6.07 Å². The number of rotatable bonds is 3. The average molecular weight is 161 g/mol. The Kier molecular flexibility index (Phi) is 3.24. The number of pyridine rings is 1. The first-order valence-electron chi connectivity index (χ1n) is 3.86. The molecule has 0 aromatic carbocycles. The van der Waals surface area contributed by atoms with Crippen LogP contribution in [0.5, 0.6) is 0 Å². The summed E-state index contributed by atoms with van der Waals surface area (Å²) >= 11 is 0. The minimum absolute atomic E-state index is 0.111. The molecule has 1 rings (SSSR count). The van der Waals surface area contributed by atoms with Gasteiger partial charge in [0.1, 0.15) is 0 Å². The van der Waals surface area contributed by atoms with Crippen LogP contribution in [0.1, 0.15) is 5.69 Å². The normalized spacial score (nSPS) is 12.0. The quantitative estimate of drug-likeness (QED) is 0.710. The fourth-order valence-corrected chi connectivity index (χ4v) is 0.953. The maximum absolute atomic E-state index is 8.63. The van der Waals surface area contributed by atoms with Crippen molar-refractivity contribution in [3.05, 3.63) is 30.1 Å². The van der Waals surface area contributed by atoms with Gasteiger partial charge in [-0.1, -0.05) is 6.07 Å². The third-order valence-electron chi connectivity index (χ3n) is 1.65. The summed E-state index contributed by atoms with van der Waals surface area (Å²) in [4.78, 5) is 4.11. The molecule has 62 valence electrons. The van der Waals surface area contributed by atoms with Gasteiger partial charge >= 0.3 is 0 Å². The molecule has 0 aliphatic carbocycles. The molecule has 0 fully saturated rings. The second-order valence-corrected chi connectivity index (χ2v) is 2.59. The zero-order valence-corrected chi connectivity index (χ0v) is 6.77. The second kappa shape index (κ2) is 4.47. The summed E-state index contributed by atoms with van der Waals surface area (Å²) in [5.41, 5.74) is 6.31. The van der Waals surface area contributed by atoms with Gasteiger partial charge in [-0.05, 0) is 12.1 Å². The maximum atomic E-state index is 8.63. The summed E-state index contributed by atoms with van der Waals surface area (Å²) < 4.78 is 0. The molecule has 1 aromatic heterocycles. The molecule has 1 atom stereocenters. The molecule has 0 saturated heterocycles. The predicted octanol–water partition coefficient (Wildman–Crippen LogP) is 0.723. The van der Waals surface area contributed by atoms with Gasteiger partial charge in [-0.25, -0.2) is 0 Å². The Labute approximate surface area is 71.8 Å². The Hall–Kier alpha value is -1.40. The lowest BCUT2D eigenvalue weighted by Crippen LogP contribution is -2.15. The minimum Gasteiger partial charge on any atom is -0.329 e. The molecule has 3 heteroatoms. The summed E-state index contributed by atoms with van der Waals surface area (Å²) in [5.74, 6) is -0.111. The zero-order chi connectivity index (χ0) is 8.81. The van der Waals surface area contributed by atoms with Crippen LogP contribution in [0.2, 0.25) is 0 Å². The highest BCUT2D eigenvalue weighted by molar-refractivity contribution is 5.06. The largest absolute Gasteiger partial charge is 0.329 e. The first-order valence-corrected chi connectivity index (χ1v) is 3.86. The number of nitrogens with two attached hydrogens (primary N) is 1. The van der Waals surface area contributed by atoms with E-state index in [2.05, 4.69) is 11.1 Å². The highest BCUT2D eigenvalue weighted by Crippen LogP contribution is 2.02. The molecular formula is C9H11N3. The van der Waals surface area contributed by atoms with Gasteiger partial charge in [0.25, 0.3) is 0 Å². The van der Waals surface area contributed by atoms with E-state index in [1.54, 1.807) is 6.20 Å². The Morgan fingerprint density at radius 1 is 1.58 bits per heavy atom.